The van der Waals surface area contributed by atoms with Crippen LogP contribution in [0.15, 0.2) is 6.20 Å². The van der Waals surface area contributed by atoms with E-state index in [1.54, 1.807) is 6.20 Å². The Kier molecular flexibility index (Phi) is 5.89. The Hall–Kier alpha value is -1.40. The van der Waals surface area contributed by atoms with E-state index in [1.165, 1.54) is 25.7 Å². The molecule has 0 aromatic carbocycles. The van der Waals surface area contributed by atoms with Gasteiger partial charge in [0.05, 0.1) is 6.20 Å². The maximum absolute atomic E-state index is 6.01. The quantitative estimate of drug-likeness (QED) is 0.580. The van der Waals surface area contributed by atoms with E-state index < -0.39 is 0 Å². The zero-order valence-corrected chi connectivity index (χ0v) is 15.4. The van der Waals surface area contributed by atoms with Gasteiger partial charge in [0.2, 0.25) is 11.2 Å². The summed E-state index contributed by atoms with van der Waals surface area (Å²) in [5, 5.41) is 3.80. The van der Waals surface area contributed by atoms with Crippen LogP contribution in [0.4, 0.5) is 5.95 Å². The summed E-state index contributed by atoms with van der Waals surface area (Å²) in [6.45, 7) is 8.64. The third kappa shape index (κ3) is 3.81. The molecule has 0 saturated heterocycles. The molecule has 2 aromatic rings. The predicted octanol–water partition coefficient (Wildman–Crippen LogP) is 3.74. The van der Waals surface area contributed by atoms with Gasteiger partial charge in [-0.05, 0) is 50.5 Å². The van der Waals surface area contributed by atoms with Crippen molar-refractivity contribution in [2.24, 2.45) is 0 Å². The van der Waals surface area contributed by atoms with Crippen molar-refractivity contribution in [2.75, 3.05) is 31.5 Å². The Morgan fingerprint density at radius 3 is 2.71 bits per heavy atom. The minimum atomic E-state index is 0.287. The summed E-state index contributed by atoms with van der Waals surface area (Å²) in [5.74, 6) is 0.910. The fourth-order valence-corrected chi connectivity index (χ4v) is 3.67. The highest BCUT2D eigenvalue weighted by molar-refractivity contribution is 6.28. The van der Waals surface area contributed by atoms with Crippen LogP contribution in [0, 0.1) is 0 Å². The van der Waals surface area contributed by atoms with Crippen LogP contribution < -0.4 is 5.32 Å². The van der Waals surface area contributed by atoms with Gasteiger partial charge in [-0.2, -0.15) is 4.98 Å². The summed E-state index contributed by atoms with van der Waals surface area (Å²) in [6, 6.07) is 0.464. The van der Waals surface area contributed by atoms with Gasteiger partial charge >= 0.3 is 0 Å². The highest BCUT2D eigenvalue weighted by Gasteiger charge is 2.23. The highest BCUT2D eigenvalue weighted by atomic mass is 35.5. The highest BCUT2D eigenvalue weighted by Crippen LogP contribution is 2.34. The van der Waals surface area contributed by atoms with Gasteiger partial charge in [0.1, 0.15) is 5.52 Å². The molecular formula is C17H27ClN6. The van der Waals surface area contributed by atoms with Crippen LogP contribution in [-0.2, 0) is 0 Å². The van der Waals surface area contributed by atoms with E-state index in [0.29, 0.717) is 6.04 Å². The third-order valence-corrected chi connectivity index (χ3v) is 5.10. The van der Waals surface area contributed by atoms with Gasteiger partial charge in [0.15, 0.2) is 5.65 Å². The molecule has 132 valence electrons. The van der Waals surface area contributed by atoms with Crippen molar-refractivity contribution in [3.63, 3.8) is 0 Å². The van der Waals surface area contributed by atoms with Crippen molar-refractivity contribution in [1.29, 1.82) is 0 Å². The molecule has 0 radical (unpaired) electrons. The molecule has 2 aromatic heterocycles. The average molecular weight is 351 g/mol. The molecular weight excluding hydrogens is 324 g/mol. The summed E-state index contributed by atoms with van der Waals surface area (Å²) in [5.41, 5.74) is 1.67. The number of hydrogen-bond acceptors (Lipinski definition) is 5. The summed E-state index contributed by atoms with van der Waals surface area (Å²) in [7, 11) is 0. The zero-order valence-electron chi connectivity index (χ0n) is 14.6. The monoisotopic (exact) mass is 350 g/mol. The maximum atomic E-state index is 6.01. The van der Waals surface area contributed by atoms with Gasteiger partial charge in [-0.1, -0.05) is 26.7 Å². The van der Waals surface area contributed by atoms with Crippen molar-refractivity contribution in [3.8, 4) is 0 Å². The lowest BCUT2D eigenvalue weighted by atomic mass is 10.2. The Bertz CT molecular complexity index is 660. The van der Waals surface area contributed by atoms with E-state index >= 15 is 0 Å². The molecule has 0 unspecified atom stereocenters. The average Bonchev–Trinajstić information content (AvgIpc) is 3.21. The minimum Gasteiger partial charge on any atom is -0.356 e. The Morgan fingerprint density at radius 2 is 2.00 bits per heavy atom. The Morgan fingerprint density at radius 1 is 1.25 bits per heavy atom. The fourth-order valence-electron chi connectivity index (χ4n) is 3.55. The van der Waals surface area contributed by atoms with E-state index in [2.05, 4.69) is 38.6 Å². The summed E-state index contributed by atoms with van der Waals surface area (Å²) in [6.07, 6.45) is 7.72. The van der Waals surface area contributed by atoms with Crippen LogP contribution >= 0.6 is 11.6 Å². The normalized spacial score (nSPS) is 15.7. The molecule has 1 saturated carbocycles. The number of nitrogens with one attached hydrogen (secondary N) is 1. The number of aromatic nitrogens is 4. The Labute approximate surface area is 148 Å². The maximum Gasteiger partial charge on any atom is 0.224 e. The van der Waals surface area contributed by atoms with E-state index in [9.17, 15) is 0 Å². The largest absolute Gasteiger partial charge is 0.356 e. The molecule has 1 fully saturated rings. The molecule has 0 bridgehead atoms. The van der Waals surface area contributed by atoms with Crippen molar-refractivity contribution in [2.45, 2.75) is 52.0 Å². The molecule has 1 N–H and O–H groups in total. The number of halogens is 1. The first-order valence-corrected chi connectivity index (χ1v) is 9.47. The first kappa shape index (κ1) is 17.4. The second-order valence-corrected chi connectivity index (χ2v) is 6.74. The minimum absolute atomic E-state index is 0.287. The number of hydrogen-bond donors (Lipinski definition) is 1. The van der Waals surface area contributed by atoms with Crippen LogP contribution in [0.25, 0.3) is 11.2 Å². The molecule has 3 rings (SSSR count). The van der Waals surface area contributed by atoms with E-state index in [0.717, 1.165) is 49.7 Å². The standard InChI is InChI=1S/C17H27ClN6/c1-3-23(4-2)11-7-10-19-17-21-14-12-20-16(18)22-15(14)24(17)13-8-5-6-9-13/h12-13H,3-11H2,1-2H3,(H,19,21). The summed E-state index contributed by atoms with van der Waals surface area (Å²) < 4.78 is 2.24. The molecule has 6 nitrogen and oxygen atoms in total. The third-order valence-electron chi connectivity index (χ3n) is 4.92. The van der Waals surface area contributed by atoms with Crippen molar-refractivity contribution >= 4 is 28.7 Å². The van der Waals surface area contributed by atoms with Gasteiger partial charge in [-0.15, -0.1) is 0 Å². The second-order valence-electron chi connectivity index (χ2n) is 6.40. The van der Waals surface area contributed by atoms with Crippen molar-refractivity contribution in [3.05, 3.63) is 11.5 Å². The topological polar surface area (TPSA) is 58.9 Å². The Balaban J connectivity index is 1.75. The van der Waals surface area contributed by atoms with Crippen LogP contribution in [-0.4, -0.2) is 50.6 Å². The van der Waals surface area contributed by atoms with Crippen LogP contribution in [0.3, 0.4) is 0 Å². The SMILES string of the molecule is CCN(CC)CCCNc1nc2cnc(Cl)nc2n1C1CCCC1. The molecule has 24 heavy (non-hydrogen) atoms. The number of rotatable bonds is 8. The van der Waals surface area contributed by atoms with Crippen LogP contribution in [0.2, 0.25) is 5.28 Å². The molecule has 0 atom stereocenters. The molecule has 1 aliphatic rings. The summed E-state index contributed by atoms with van der Waals surface area (Å²) >= 11 is 6.01. The zero-order chi connectivity index (χ0) is 16.9. The van der Waals surface area contributed by atoms with Crippen LogP contribution in [0.1, 0.15) is 52.0 Å². The van der Waals surface area contributed by atoms with Gasteiger partial charge in [0.25, 0.3) is 0 Å². The molecule has 2 heterocycles. The van der Waals surface area contributed by atoms with E-state index in [-0.39, 0.29) is 5.28 Å². The van der Waals surface area contributed by atoms with E-state index in [1.807, 2.05) is 0 Å². The number of imidazole rings is 1. The lowest BCUT2D eigenvalue weighted by Gasteiger charge is -2.19. The molecule has 1 aliphatic carbocycles. The van der Waals surface area contributed by atoms with Gasteiger partial charge in [0, 0.05) is 12.6 Å². The van der Waals surface area contributed by atoms with Crippen molar-refractivity contribution in [1.82, 2.24) is 24.4 Å². The molecule has 0 aliphatic heterocycles. The van der Waals surface area contributed by atoms with Gasteiger partial charge in [-0.25, -0.2) is 9.97 Å². The lowest BCUT2D eigenvalue weighted by molar-refractivity contribution is 0.303. The molecule has 0 amide bonds. The molecule has 7 heteroatoms. The van der Waals surface area contributed by atoms with Gasteiger partial charge in [-0.3, -0.25) is 4.57 Å². The first-order chi connectivity index (χ1) is 11.7. The first-order valence-electron chi connectivity index (χ1n) is 9.09. The smallest absolute Gasteiger partial charge is 0.224 e. The molecule has 0 spiro atoms. The predicted molar refractivity (Wildman–Crippen MR) is 98.7 cm³/mol. The van der Waals surface area contributed by atoms with Crippen LogP contribution in [0.5, 0.6) is 0 Å². The van der Waals surface area contributed by atoms with Crippen molar-refractivity contribution < 1.29 is 0 Å². The lowest BCUT2D eigenvalue weighted by Crippen LogP contribution is -2.25. The summed E-state index contributed by atoms with van der Waals surface area (Å²) in [4.78, 5) is 15.7. The fraction of sp³-hybridized carbons (Fsp3) is 0.706. The number of anilines is 1. The second kappa shape index (κ2) is 8.12. The van der Waals surface area contributed by atoms with E-state index in [4.69, 9.17) is 16.6 Å². The number of fused-ring (bicyclic) bond motifs is 1. The van der Waals surface area contributed by atoms with Gasteiger partial charge < -0.3 is 10.2 Å². The number of nitrogens with zero attached hydrogens (tertiary/aromatic N) is 5.